The van der Waals surface area contributed by atoms with Crippen LogP contribution in [0.1, 0.15) is 43.8 Å². The highest BCUT2D eigenvalue weighted by Crippen LogP contribution is 2.30. The molecule has 0 spiro atoms. The van der Waals surface area contributed by atoms with Crippen LogP contribution in [0.2, 0.25) is 0 Å². The first kappa shape index (κ1) is 25.1. The van der Waals surface area contributed by atoms with Gasteiger partial charge in [-0.15, -0.1) is 10.2 Å². The minimum absolute atomic E-state index is 0.0276. The first-order chi connectivity index (χ1) is 19.0. The molecule has 0 N–H and O–H groups in total. The summed E-state index contributed by atoms with van der Waals surface area (Å²) >= 11 is 0. The number of hydrogen-bond acceptors (Lipinski definition) is 7. The van der Waals surface area contributed by atoms with Crippen molar-refractivity contribution < 1.29 is 13.2 Å². The molecule has 0 bridgehead atoms. The minimum atomic E-state index is -2.84. The van der Waals surface area contributed by atoms with E-state index in [2.05, 4.69) is 38.1 Å². The Morgan fingerprint density at radius 1 is 0.974 bits per heavy atom. The number of hydrogen-bond donors (Lipinski definition) is 0. The Bertz CT molecular complexity index is 1640. The lowest BCUT2D eigenvalue weighted by Crippen LogP contribution is -2.37. The molecule has 0 unspecified atom stereocenters. The minimum Gasteiger partial charge on any atom is -0.415 e. The van der Waals surface area contributed by atoms with E-state index in [0.29, 0.717) is 11.3 Å². The second-order valence-electron chi connectivity index (χ2n) is 9.63. The highest BCUT2D eigenvalue weighted by molar-refractivity contribution is 5.83. The topological polar surface area (TPSA) is 94.9 Å². The molecule has 0 aliphatic carbocycles. The Balaban J connectivity index is 1.37. The van der Waals surface area contributed by atoms with Crippen LogP contribution in [0.4, 0.5) is 8.78 Å². The van der Waals surface area contributed by atoms with Crippen molar-refractivity contribution in [3.63, 3.8) is 0 Å². The highest BCUT2D eigenvalue weighted by Gasteiger charge is 2.25. The van der Waals surface area contributed by atoms with E-state index in [9.17, 15) is 13.6 Å². The smallest absolute Gasteiger partial charge is 0.329 e. The van der Waals surface area contributed by atoms with Crippen LogP contribution in [-0.4, -0.2) is 53.8 Å². The Morgan fingerprint density at radius 2 is 1.74 bits per heavy atom. The first-order valence-corrected chi connectivity index (χ1v) is 13.0. The quantitative estimate of drug-likeness (QED) is 0.293. The fourth-order valence-corrected chi connectivity index (χ4v) is 5.25. The van der Waals surface area contributed by atoms with Crippen molar-refractivity contribution >= 4 is 11.0 Å². The van der Waals surface area contributed by atoms with Gasteiger partial charge in [0.25, 0.3) is 5.89 Å². The van der Waals surface area contributed by atoms with Gasteiger partial charge in [-0.1, -0.05) is 13.0 Å². The zero-order valence-electron chi connectivity index (χ0n) is 21.4. The number of fused-ring (bicyclic) bond motifs is 1. The van der Waals surface area contributed by atoms with Gasteiger partial charge in [-0.25, -0.2) is 4.79 Å². The lowest BCUT2D eigenvalue weighted by molar-refractivity contribution is 0.116. The van der Waals surface area contributed by atoms with Gasteiger partial charge in [-0.3, -0.25) is 19.1 Å². The molecule has 0 saturated carbocycles. The van der Waals surface area contributed by atoms with Crippen LogP contribution in [0.15, 0.2) is 70.3 Å². The number of aromatic nitrogens is 6. The van der Waals surface area contributed by atoms with Crippen LogP contribution in [-0.2, 0) is 6.54 Å². The van der Waals surface area contributed by atoms with Crippen LogP contribution in [0, 0.1) is 0 Å². The van der Waals surface area contributed by atoms with E-state index in [-0.39, 0.29) is 24.2 Å². The molecule has 39 heavy (non-hydrogen) atoms. The van der Waals surface area contributed by atoms with Gasteiger partial charge in [-0.2, -0.15) is 8.78 Å². The number of alkyl halides is 2. The fraction of sp³-hybridized carbons (Fsp3) is 0.321. The summed E-state index contributed by atoms with van der Waals surface area (Å²) < 4.78 is 34.3. The van der Waals surface area contributed by atoms with Crippen LogP contribution in [0.3, 0.4) is 0 Å². The van der Waals surface area contributed by atoms with E-state index in [4.69, 9.17) is 4.42 Å². The molecule has 4 aromatic heterocycles. The number of likely N-dealkylation sites (tertiary alicyclic amines) is 1. The summed E-state index contributed by atoms with van der Waals surface area (Å²) in [5.41, 5.74) is 4.78. The number of halogens is 2. The molecule has 0 amide bonds. The van der Waals surface area contributed by atoms with E-state index in [1.165, 1.54) is 6.20 Å². The highest BCUT2D eigenvalue weighted by atomic mass is 19.3. The summed E-state index contributed by atoms with van der Waals surface area (Å²) in [7, 11) is 0. The molecule has 1 saturated heterocycles. The van der Waals surface area contributed by atoms with E-state index in [1.54, 1.807) is 29.1 Å². The lowest BCUT2D eigenvalue weighted by atomic mass is 10.0. The predicted molar refractivity (Wildman–Crippen MR) is 141 cm³/mol. The Kier molecular flexibility index (Phi) is 6.74. The van der Waals surface area contributed by atoms with E-state index >= 15 is 0 Å². The molecule has 5 heterocycles. The normalized spacial score (nSPS) is 15.0. The summed E-state index contributed by atoms with van der Waals surface area (Å²) in [6.07, 6.45) is 3.99. The van der Waals surface area contributed by atoms with Crippen LogP contribution in [0.25, 0.3) is 33.6 Å². The van der Waals surface area contributed by atoms with Gasteiger partial charge >= 0.3 is 12.1 Å². The van der Waals surface area contributed by atoms with Crippen molar-refractivity contribution in [2.45, 2.75) is 38.8 Å². The predicted octanol–water partition coefficient (Wildman–Crippen LogP) is 4.95. The first-order valence-electron chi connectivity index (χ1n) is 13.0. The summed E-state index contributed by atoms with van der Waals surface area (Å²) in [4.78, 5) is 24.9. The number of rotatable bonds is 7. The standard InChI is InChI=1S/C28H27F2N7O2/c1-2-35-13-9-22(10-14-35)37-24-15-19(18-7-11-31-12-8-18)4-6-23(24)36(28(37)38)17-21-5-3-20(16-32-21)26-33-34-27(39-26)25(29)30/h3-8,11-12,15-16,22,25H,2,9-10,13-14,17H2,1H3. The maximum absolute atomic E-state index is 13.9. The van der Waals surface area contributed by atoms with E-state index in [0.717, 1.165) is 54.6 Å². The third-order valence-electron chi connectivity index (χ3n) is 7.36. The van der Waals surface area contributed by atoms with E-state index in [1.807, 2.05) is 28.8 Å². The molecule has 1 fully saturated rings. The average Bonchev–Trinajstić information content (AvgIpc) is 3.57. The fourth-order valence-electron chi connectivity index (χ4n) is 5.25. The molecule has 11 heteroatoms. The summed E-state index contributed by atoms with van der Waals surface area (Å²) in [6, 6.07) is 13.5. The summed E-state index contributed by atoms with van der Waals surface area (Å²) in [5.74, 6) is -0.760. The second-order valence-corrected chi connectivity index (χ2v) is 9.63. The lowest BCUT2D eigenvalue weighted by Gasteiger charge is -2.31. The van der Waals surface area contributed by atoms with Crippen molar-refractivity contribution in [2.24, 2.45) is 0 Å². The van der Waals surface area contributed by atoms with Crippen molar-refractivity contribution in [2.75, 3.05) is 19.6 Å². The monoisotopic (exact) mass is 531 g/mol. The molecule has 1 aliphatic rings. The Morgan fingerprint density at radius 3 is 2.41 bits per heavy atom. The molecule has 5 aromatic rings. The molecular formula is C28H27F2N7O2. The van der Waals surface area contributed by atoms with Crippen LogP contribution >= 0.6 is 0 Å². The molecule has 1 aliphatic heterocycles. The second kappa shape index (κ2) is 10.5. The van der Waals surface area contributed by atoms with Crippen molar-refractivity contribution in [1.82, 2.24) is 34.2 Å². The number of pyridine rings is 2. The molecule has 200 valence electrons. The molecule has 0 radical (unpaired) electrons. The van der Waals surface area contributed by atoms with Crippen LogP contribution in [0.5, 0.6) is 0 Å². The van der Waals surface area contributed by atoms with Gasteiger partial charge in [0, 0.05) is 37.7 Å². The van der Waals surface area contributed by atoms with Gasteiger partial charge in [-0.05, 0) is 66.9 Å². The summed E-state index contributed by atoms with van der Waals surface area (Å²) in [5, 5.41) is 7.04. The SMILES string of the molecule is CCN1CCC(n2c(=O)n(Cc3ccc(-c4nnc(C(F)F)o4)cn3)c3ccc(-c4ccncc4)cc32)CC1. The maximum atomic E-state index is 13.9. The van der Waals surface area contributed by atoms with Gasteiger partial charge in [0.15, 0.2) is 0 Å². The third kappa shape index (κ3) is 4.85. The molecule has 9 nitrogen and oxygen atoms in total. The van der Waals surface area contributed by atoms with E-state index < -0.39 is 12.3 Å². The van der Waals surface area contributed by atoms with Crippen molar-refractivity contribution in [3.8, 4) is 22.6 Å². The zero-order valence-corrected chi connectivity index (χ0v) is 21.4. The molecule has 6 rings (SSSR count). The van der Waals surface area contributed by atoms with Crippen molar-refractivity contribution in [3.05, 3.63) is 83.1 Å². The maximum Gasteiger partial charge on any atom is 0.329 e. The van der Waals surface area contributed by atoms with Crippen molar-refractivity contribution in [1.29, 1.82) is 0 Å². The molecular weight excluding hydrogens is 504 g/mol. The zero-order chi connectivity index (χ0) is 26.9. The van der Waals surface area contributed by atoms with Gasteiger partial charge in [0.1, 0.15) is 0 Å². The molecule has 1 aromatic carbocycles. The Hall–Kier alpha value is -4.25. The number of piperidine rings is 1. The van der Waals surface area contributed by atoms with Gasteiger partial charge < -0.3 is 9.32 Å². The summed E-state index contributed by atoms with van der Waals surface area (Å²) in [6.45, 7) is 5.34. The van der Waals surface area contributed by atoms with Gasteiger partial charge in [0.05, 0.1) is 28.8 Å². The third-order valence-corrected chi connectivity index (χ3v) is 7.36. The Labute approximate surface area is 222 Å². The number of benzene rings is 1. The number of nitrogens with zero attached hydrogens (tertiary/aromatic N) is 7. The van der Waals surface area contributed by atoms with Gasteiger partial charge in [0.2, 0.25) is 5.89 Å². The molecule has 0 atom stereocenters. The average molecular weight is 532 g/mol. The van der Waals surface area contributed by atoms with Crippen LogP contribution < -0.4 is 5.69 Å². The largest absolute Gasteiger partial charge is 0.415 e. The number of imidazole rings is 1.